The van der Waals surface area contributed by atoms with E-state index in [1.807, 2.05) is 30.7 Å². The van der Waals surface area contributed by atoms with Gasteiger partial charge >= 0.3 is 6.03 Å². The van der Waals surface area contributed by atoms with E-state index in [1.165, 1.54) is 0 Å². The first-order valence-corrected chi connectivity index (χ1v) is 7.46. The Bertz CT molecular complexity index is 495. The lowest BCUT2D eigenvalue weighted by molar-refractivity contribution is 0.256. The predicted molar refractivity (Wildman–Crippen MR) is 72.0 cm³/mol. The summed E-state index contributed by atoms with van der Waals surface area (Å²) in [5, 5.41) is 2.47. The maximum Gasteiger partial charge on any atom is 0.332 e. The molecule has 100 valence electrons. The number of aryl methyl sites for hydroxylation is 1. The average Bonchev–Trinajstić information content (AvgIpc) is 2.29. The van der Waals surface area contributed by atoms with Crippen molar-refractivity contribution in [2.75, 3.05) is 11.1 Å². The monoisotopic (exact) mass is 270 g/mol. The molecule has 0 radical (unpaired) electrons. The number of unbranched alkanes of at least 4 members (excludes halogenated alkanes) is 1. The number of amides is 2. The highest BCUT2D eigenvalue weighted by Gasteiger charge is 2.13. The van der Waals surface area contributed by atoms with E-state index < -0.39 is 16.1 Å². The summed E-state index contributed by atoms with van der Waals surface area (Å²) in [5.74, 6) is -0.0369. The molecular formula is C12H18N2O3S. The van der Waals surface area contributed by atoms with Crippen molar-refractivity contribution in [2.45, 2.75) is 26.7 Å². The third-order valence-electron chi connectivity index (χ3n) is 2.32. The molecule has 0 saturated heterocycles. The van der Waals surface area contributed by atoms with E-state index in [0.29, 0.717) is 12.1 Å². The van der Waals surface area contributed by atoms with Gasteiger partial charge in [0.15, 0.2) is 0 Å². The SMILES string of the molecule is CCCCS(=O)(=O)NC(=O)Nc1ccc(C)cc1. The van der Waals surface area contributed by atoms with Crippen molar-refractivity contribution in [1.82, 2.24) is 4.72 Å². The van der Waals surface area contributed by atoms with Crippen molar-refractivity contribution in [1.29, 1.82) is 0 Å². The maximum atomic E-state index is 11.5. The Morgan fingerprint density at radius 3 is 2.39 bits per heavy atom. The lowest BCUT2D eigenvalue weighted by Crippen LogP contribution is -2.35. The molecule has 0 atom stereocenters. The van der Waals surface area contributed by atoms with Gasteiger partial charge in [-0.1, -0.05) is 31.0 Å². The Balaban J connectivity index is 2.54. The van der Waals surface area contributed by atoms with Crippen LogP contribution in [0.2, 0.25) is 0 Å². The molecule has 1 rings (SSSR count). The summed E-state index contributed by atoms with van der Waals surface area (Å²) in [6.45, 7) is 3.82. The number of benzene rings is 1. The molecule has 18 heavy (non-hydrogen) atoms. The van der Waals surface area contributed by atoms with Crippen LogP contribution in [0.1, 0.15) is 25.3 Å². The van der Waals surface area contributed by atoms with Crippen LogP contribution < -0.4 is 10.0 Å². The third-order valence-corrected chi connectivity index (χ3v) is 3.65. The summed E-state index contributed by atoms with van der Waals surface area (Å²) in [6.07, 6.45) is 1.30. The molecule has 0 fully saturated rings. The fourth-order valence-electron chi connectivity index (χ4n) is 1.32. The van der Waals surface area contributed by atoms with Crippen molar-refractivity contribution in [2.24, 2.45) is 0 Å². The van der Waals surface area contributed by atoms with Gasteiger partial charge in [0.25, 0.3) is 0 Å². The van der Waals surface area contributed by atoms with E-state index in [4.69, 9.17) is 0 Å². The Labute approximate surface area is 108 Å². The highest BCUT2D eigenvalue weighted by Crippen LogP contribution is 2.08. The van der Waals surface area contributed by atoms with Crippen LogP contribution >= 0.6 is 0 Å². The number of carbonyl (C=O) groups is 1. The van der Waals surface area contributed by atoms with Gasteiger partial charge in [-0.2, -0.15) is 0 Å². The smallest absolute Gasteiger partial charge is 0.307 e. The van der Waals surface area contributed by atoms with Crippen molar-refractivity contribution in [3.8, 4) is 0 Å². The highest BCUT2D eigenvalue weighted by molar-refractivity contribution is 7.90. The van der Waals surface area contributed by atoms with Crippen molar-refractivity contribution in [3.05, 3.63) is 29.8 Å². The molecule has 0 unspecified atom stereocenters. The normalized spacial score (nSPS) is 11.0. The van der Waals surface area contributed by atoms with Gasteiger partial charge in [0.05, 0.1) is 5.75 Å². The van der Waals surface area contributed by atoms with Crippen molar-refractivity contribution < 1.29 is 13.2 Å². The largest absolute Gasteiger partial charge is 0.332 e. The molecule has 2 amide bonds. The van der Waals surface area contributed by atoms with E-state index >= 15 is 0 Å². The zero-order valence-electron chi connectivity index (χ0n) is 10.6. The van der Waals surface area contributed by atoms with Gasteiger partial charge in [0.1, 0.15) is 0 Å². The molecule has 0 aromatic heterocycles. The van der Waals surface area contributed by atoms with Gasteiger partial charge in [-0.3, -0.25) is 0 Å². The molecule has 2 N–H and O–H groups in total. The number of hydrogen-bond acceptors (Lipinski definition) is 3. The predicted octanol–water partition coefficient (Wildman–Crippen LogP) is 2.25. The van der Waals surface area contributed by atoms with Crippen LogP contribution in [0.15, 0.2) is 24.3 Å². The third kappa shape index (κ3) is 5.18. The Morgan fingerprint density at radius 1 is 1.22 bits per heavy atom. The molecule has 0 spiro atoms. The summed E-state index contributed by atoms with van der Waals surface area (Å²) in [6, 6.07) is 6.37. The fourth-order valence-corrected chi connectivity index (χ4v) is 2.42. The van der Waals surface area contributed by atoms with Crippen LogP contribution in [0, 0.1) is 6.92 Å². The number of hydrogen-bond donors (Lipinski definition) is 2. The zero-order valence-corrected chi connectivity index (χ0v) is 11.4. The van der Waals surface area contributed by atoms with Crippen molar-refractivity contribution in [3.63, 3.8) is 0 Å². The second kappa shape index (κ2) is 6.39. The molecule has 0 aliphatic rings. The molecule has 0 aliphatic carbocycles. The first-order chi connectivity index (χ1) is 8.43. The van der Waals surface area contributed by atoms with Crippen LogP contribution in [-0.4, -0.2) is 20.2 Å². The number of anilines is 1. The first-order valence-electron chi connectivity index (χ1n) is 5.81. The van der Waals surface area contributed by atoms with E-state index in [-0.39, 0.29) is 5.75 Å². The molecule has 6 heteroatoms. The lowest BCUT2D eigenvalue weighted by atomic mass is 10.2. The van der Waals surface area contributed by atoms with Crippen LogP contribution in [0.3, 0.4) is 0 Å². The van der Waals surface area contributed by atoms with Gasteiger partial charge < -0.3 is 5.32 Å². The summed E-state index contributed by atoms with van der Waals surface area (Å²) in [7, 11) is -3.53. The summed E-state index contributed by atoms with van der Waals surface area (Å²) >= 11 is 0. The minimum absolute atomic E-state index is 0.0369. The molecule has 0 saturated carbocycles. The number of nitrogens with one attached hydrogen (secondary N) is 2. The van der Waals surface area contributed by atoms with E-state index in [1.54, 1.807) is 12.1 Å². The molecule has 0 heterocycles. The minimum atomic E-state index is -3.53. The summed E-state index contributed by atoms with van der Waals surface area (Å²) in [5.41, 5.74) is 1.63. The highest BCUT2D eigenvalue weighted by atomic mass is 32.2. The second-order valence-corrected chi connectivity index (χ2v) is 5.94. The minimum Gasteiger partial charge on any atom is -0.307 e. The topological polar surface area (TPSA) is 75.3 Å². The average molecular weight is 270 g/mol. The maximum absolute atomic E-state index is 11.5. The van der Waals surface area contributed by atoms with Gasteiger partial charge in [-0.25, -0.2) is 17.9 Å². The van der Waals surface area contributed by atoms with E-state index in [0.717, 1.165) is 12.0 Å². The zero-order chi connectivity index (χ0) is 13.6. The molecule has 1 aromatic rings. The van der Waals surface area contributed by atoms with Crippen LogP contribution in [0.5, 0.6) is 0 Å². The number of carbonyl (C=O) groups excluding carboxylic acids is 1. The standard InChI is InChI=1S/C12H18N2O3S/c1-3-4-9-18(16,17)14-12(15)13-11-7-5-10(2)6-8-11/h5-8H,3-4,9H2,1-2H3,(H2,13,14,15). The quantitative estimate of drug-likeness (QED) is 0.861. The van der Waals surface area contributed by atoms with E-state index in [9.17, 15) is 13.2 Å². The van der Waals surface area contributed by atoms with Crippen molar-refractivity contribution >= 4 is 21.7 Å². The number of rotatable bonds is 5. The Morgan fingerprint density at radius 2 is 1.83 bits per heavy atom. The molecule has 0 aliphatic heterocycles. The number of sulfonamides is 1. The summed E-state index contributed by atoms with van der Waals surface area (Å²) < 4.78 is 24.9. The van der Waals surface area contributed by atoms with Gasteiger partial charge in [-0.15, -0.1) is 0 Å². The number of urea groups is 1. The van der Waals surface area contributed by atoms with Gasteiger partial charge in [-0.05, 0) is 25.5 Å². The first kappa shape index (κ1) is 14.5. The summed E-state index contributed by atoms with van der Waals surface area (Å²) in [4.78, 5) is 11.5. The van der Waals surface area contributed by atoms with Crippen LogP contribution in [-0.2, 0) is 10.0 Å². The Hall–Kier alpha value is -1.56. The van der Waals surface area contributed by atoms with E-state index in [2.05, 4.69) is 5.32 Å². The molecule has 1 aromatic carbocycles. The Kier molecular flexibility index (Phi) is 5.15. The van der Waals surface area contributed by atoms with Crippen LogP contribution in [0.4, 0.5) is 10.5 Å². The van der Waals surface area contributed by atoms with Gasteiger partial charge in [0, 0.05) is 5.69 Å². The fraction of sp³-hybridized carbons (Fsp3) is 0.417. The molecule has 0 bridgehead atoms. The second-order valence-electron chi connectivity index (χ2n) is 4.09. The van der Waals surface area contributed by atoms with Crippen LogP contribution in [0.25, 0.3) is 0 Å². The molecule has 5 nitrogen and oxygen atoms in total. The lowest BCUT2D eigenvalue weighted by Gasteiger charge is -2.08. The van der Waals surface area contributed by atoms with Gasteiger partial charge in [0.2, 0.25) is 10.0 Å². The molecular weight excluding hydrogens is 252 g/mol.